The van der Waals surface area contributed by atoms with E-state index in [2.05, 4.69) is 0 Å². The monoisotopic (exact) mass is 302 g/mol. The Kier molecular flexibility index (Phi) is 5.65. The minimum Gasteiger partial charge on any atom is -0.493 e. The molecule has 0 amide bonds. The van der Waals surface area contributed by atoms with Crippen molar-refractivity contribution in [1.82, 2.24) is 0 Å². The van der Waals surface area contributed by atoms with Gasteiger partial charge in [-0.15, -0.1) is 0 Å². The molecule has 1 aromatic rings. The minimum absolute atomic E-state index is 0.226. The van der Waals surface area contributed by atoms with Crippen LogP contribution >= 0.6 is 11.6 Å². The molecule has 6 heteroatoms. The number of carbonyl (C=O) groups is 1. The van der Waals surface area contributed by atoms with Crippen molar-refractivity contribution in [2.75, 3.05) is 14.2 Å². The van der Waals surface area contributed by atoms with E-state index in [-0.39, 0.29) is 5.02 Å². The molecule has 5 nitrogen and oxygen atoms in total. The van der Waals surface area contributed by atoms with Gasteiger partial charge < -0.3 is 19.7 Å². The van der Waals surface area contributed by atoms with Crippen LogP contribution < -0.4 is 9.47 Å². The van der Waals surface area contributed by atoms with Gasteiger partial charge in [0.2, 0.25) is 0 Å². The molecule has 0 saturated carbocycles. The van der Waals surface area contributed by atoms with Crippen LogP contribution in [0.1, 0.15) is 25.5 Å². The van der Waals surface area contributed by atoms with Crippen molar-refractivity contribution in [3.05, 3.63) is 22.7 Å². The van der Waals surface area contributed by atoms with E-state index < -0.39 is 23.9 Å². The van der Waals surface area contributed by atoms with E-state index in [0.717, 1.165) is 0 Å². The van der Waals surface area contributed by atoms with Gasteiger partial charge in [-0.25, -0.2) is 0 Å². The van der Waals surface area contributed by atoms with Crippen LogP contribution in [0.15, 0.2) is 12.1 Å². The molecule has 0 fully saturated rings. The predicted octanol–water partition coefficient (Wildman–Crippen LogP) is 2.75. The third-order valence-electron chi connectivity index (χ3n) is 3.51. The molecular formula is C14H19ClO5. The van der Waals surface area contributed by atoms with Gasteiger partial charge in [-0.2, -0.15) is 0 Å². The highest BCUT2D eigenvalue weighted by molar-refractivity contribution is 6.33. The van der Waals surface area contributed by atoms with Gasteiger partial charge in [0.05, 0.1) is 31.3 Å². The topological polar surface area (TPSA) is 76.0 Å². The second-order valence-electron chi connectivity index (χ2n) is 4.64. The summed E-state index contributed by atoms with van der Waals surface area (Å²) in [6.45, 7) is 3.21. The summed E-state index contributed by atoms with van der Waals surface area (Å²) in [5.41, 5.74) is 0.421. The summed E-state index contributed by atoms with van der Waals surface area (Å²) in [4.78, 5) is 11.0. The highest BCUT2D eigenvalue weighted by Crippen LogP contribution is 2.42. The number of aliphatic carboxylic acids is 1. The number of carboxylic acids is 1. The van der Waals surface area contributed by atoms with Gasteiger partial charge in [0.15, 0.2) is 11.5 Å². The van der Waals surface area contributed by atoms with Gasteiger partial charge >= 0.3 is 5.97 Å². The van der Waals surface area contributed by atoms with Crippen molar-refractivity contribution in [3.63, 3.8) is 0 Å². The lowest BCUT2D eigenvalue weighted by Gasteiger charge is -2.24. The van der Waals surface area contributed by atoms with Gasteiger partial charge in [-0.05, 0) is 12.0 Å². The van der Waals surface area contributed by atoms with Crippen LogP contribution in [-0.4, -0.2) is 30.4 Å². The zero-order valence-corrected chi connectivity index (χ0v) is 12.6. The van der Waals surface area contributed by atoms with E-state index in [1.807, 2.05) is 0 Å². The third-order valence-corrected chi connectivity index (χ3v) is 3.90. The zero-order valence-electron chi connectivity index (χ0n) is 11.9. The zero-order chi connectivity index (χ0) is 15.4. The molecule has 0 aliphatic heterocycles. The lowest BCUT2D eigenvalue weighted by Crippen LogP contribution is -2.24. The molecule has 0 spiro atoms. The first-order chi connectivity index (χ1) is 9.34. The highest BCUT2D eigenvalue weighted by atomic mass is 35.5. The number of carboxylic acid groups (broad SMARTS) is 1. The molecule has 1 rings (SSSR count). The minimum atomic E-state index is -1.01. The first-order valence-electron chi connectivity index (χ1n) is 6.16. The van der Waals surface area contributed by atoms with Crippen molar-refractivity contribution in [2.45, 2.75) is 20.0 Å². The summed E-state index contributed by atoms with van der Waals surface area (Å²) < 4.78 is 10.3. The lowest BCUT2D eigenvalue weighted by atomic mass is 9.87. The molecule has 0 aliphatic carbocycles. The summed E-state index contributed by atoms with van der Waals surface area (Å²) in [6.07, 6.45) is -1.01. The van der Waals surface area contributed by atoms with Crippen molar-refractivity contribution in [3.8, 4) is 11.5 Å². The summed E-state index contributed by atoms with van der Waals surface area (Å²) in [6, 6.07) is 3.24. The molecule has 0 radical (unpaired) electrons. The maximum Gasteiger partial charge on any atom is 0.306 e. The van der Waals surface area contributed by atoms with Crippen molar-refractivity contribution >= 4 is 17.6 Å². The number of benzene rings is 1. The van der Waals surface area contributed by atoms with Crippen LogP contribution in [0.3, 0.4) is 0 Å². The molecule has 3 unspecified atom stereocenters. The first-order valence-corrected chi connectivity index (χ1v) is 6.54. The summed E-state index contributed by atoms with van der Waals surface area (Å²) >= 11 is 6.20. The second-order valence-corrected chi connectivity index (χ2v) is 5.01. The predicted molar refractivity (Wildman–Crippen MR) is 75.5 cm³/mol. The number of methoxy groups -OCH3 is 2. The van der Waals surface area contributed by atoms with E-state index in [1.165, 1.54) is 14.2 Å². The molecule has 112 valence electrons. The maximum absolute atomic E-state index is 11.0. The van der Waals surface area contributed by atoms with Gasteiger partial charge in [-0.3, -0.25) is 4.79 Å². The van der Waals surface area contributed by atoms with Crippen LogP contribution in [0.2, 0.25) is 5.02 Å². The lowest BCUT2D eigenvalue weighted by molar-refractivity contribution is -0.144. The second kappa shape index (κ2) is 6.81. The largest absolute Gasteiger partial charge is 0.493 e. The molecule has 20 heavy (non-hydrogen) atoms. The molecule has 3 atom stereocenters. The number of rotatable bonds is 6. The number of aliphatic hydroxyl groups is 1. The van der Waals surface area contributed by atoms with Crippen molar-refractivity contribution in [2.24, 2.45) is 11.8 Å². The van der Waals surface area contributed by atoms with Gasteiger partial charge in [0, 0.05) is 5.56 Å². The summed E-state index contributed by atoms with van der Waals surface area (Å²) in [5, 5.41) is 19.6. The van der Waals surface area contributed by atoms with Crippen LogP contribution in [-0.2, 0) is 4.79 Å². The number of aliphatic hydroxyl groups excluding tert-OH is 1. The van der Waals surface area contributed by atoms with E-state index in [1.54, 1.807) is 26.0 Å². The SMILES string of the molecule is COc1ccc(C(O)C(C)C(C)C(=O)O)c(Cl)c1OC. The molecule has 0 aliphatic rings. The number of hydrogen-bond donors (Lipinski definition) is 2. The molecule has 0 heterocycles. The Bertz CT molecular complexity index is 489. The average molecular weight is 303 g/mol. The van der Waals surface area contributed by atoms with Crippen molar-refractivity contribution < 1.29 is 24.5 Å². The Labute approximate surface area is 123 Å². The van der Waals surface area contributed by atoms with Crippen LogP contribution in [0.5, 0.6) is 11.5 Å². The Morgan fingerprint density at radius 2 is 1.85 bits per heavy atom. The number of halogens is 1. The third kappa shape index (κ3) is 3.16. The van der Waals surface area contributed by atoms with Crippen LogP contribution in [0, 0.1) is 11.8 Å². The highest BCUT2D eigenvalue weighted by Gasteiger charge is 2.29. The Balaban J connectivity index is 3.17. The van der Waals surface area contributed by atoms with Gasteiger partial charge in [0.25, 0.3) is 0 Å². The summed E-state index contributed by atoms with van der Waals surface area (Å²) in [7, 11) is 2.93. The summed E-state index contributed by atoms with van der Waals surface area (Å²) in [5.74, 6) is -1.39. The smallest absolute Gasteiger partial charge is 0.306 e. The fourth-order valence-corrected chi connectivity index (χ4v) is 2.26. The molecule has 1 aromatic carbocycles. The number of ether oxygens (including phenoxy) is 2. The molecule has 0 bridgehead atoms. The van der Waals surface area contributed by atoms with E-state index in [4.69, 9.17) is 26.2 Å². The van der Waals surface area contributed by atoms with Crippen molar-refractivity contribution in [1.29, 1.82) is 0 Å². The van der Waals surface area contributed by atoms with Crippen LogP contribution in [0.25, 0.3) is 0 Å². The average Bonchev–Trinajstić information content (AvgIpc) is 2.44. The van der Waals surface area contributed by atoms with E-state index in [9.17, 15) is 9.90 Å². The Hall–Kier alpha value is -1.46. The Morgan fingerprint density at radius 3 is 2.30 bits per heavy atom. The van der Waals surface area contributed by atoms with Gasteiger partial charge in [0.1, 0.15) is 0 Å². The maximum atomic E-state index is 11.0. The molecule has 2 N–H and O–H groups in total. The van der Waals surface area contributed by atoms with Gasteiger partial charge in [-0.1, -0.05) is 31.5 Å². The standard InChI is InChI=1S/C14H19ClO5/c1-7(8(2)14(17)18)12(16)9-5-6-10(19-3)13(20-4)11(9)15/h5-8,12,16H,1-4H3,(H,17,18). The molecular weight excluding hydrogens is 284 g/mol. The normalized spacial score (nSPS) is 15.3. The van der Waals surface area contributed by atoms with E-state index >= 15 is 0 Å². The quantitative estimate of drug-likeness (QED) is 0.845. The molecule has 0 aromatic heterocycles. The Morgan fingerprint density at radius 1 is 1.25 bits per heavy atom. The van der Waals surface area contributed by atoms with E-state index in [0.29, 0.717) is 17.1 Å². The van der Waals surface area contributed by atoms with Crippen LogP contribution in [0.4, 0.5) is 0 Å². The number of hydrogen-bond acceptors (Lipinski definition) is 4. The fourth-order valence-electron chi connectivity index (χ4n) is 1.91. The molecule has 0 saturated heterocycles. The first kappa shape index (κ1) is 16.6. The fraction of sp³-hybridized carbons (Fsp3) is 0.500.